The third-order valence-corrected chi connectivity index (χ3v) is 7.66. The van der Waals surface area contributed by atoms with Gasteiger partial charge in [0, 0.05) is 11.6 Å². The molecule has 10 N–H and O–H groups in total. The summed E-state index contributed by atoms with van der Waals surface area (Å²) in [4.78, 5) is 13.4. The van der Waals surface area contributed by atoms with Crippen molar-refractivity contribution in [2.75, 3.05) is 6.61 Å². The minimum atomic E-state index is -1.98. The topological polar surface area (TPSA) is 251 Å². The molecule has 5 rings (SSSR count). The zero-order valence-corrected chi connectivity index (χ0v) is 21.5. The second kappa shape index (κ2) is 10.8. The lowest BCUT2D eigenvalue weighted by atomic mass is 9.85. The summed E-state index contributed by atoms with van der Waals surface area (Å²) in [5.74, 6) is -2.01. The summed E-state index contributed by atoms with van der Waals surface area (Å²) in [5.41, 5.74) is -2.16. The molecular formula is C27H30O14. The first kappa shape index (κ1) is 29.2. The van der Waals surface area contributed by atoms with Gasteiger partial charge in [-0.2, -0.15) is 0 Å². The van der Waals surface area contributed by atoms with E-state index in [0.29, 0.717) is 5.56 Å². The Labute approximate surface area is 231 Å². The van der Waals surface area contributed by atoms with Crippen LogP contribution in [0.5, 0.6) is 17.2 Å². The molecule has 0 amide bonds. The number of hydrogen-bond acceptors (Lipinski definition) is 14. The van der Waals surface area contributed by atoms with Crippen molar-refractivity contribution in [1.82, 2.24) is 0 Å². The molecule has 0 spiro atoms. The van der Waals surface area contributed by atoms with Gasteiger partial charge in [-0.05, 0) is 31.2 Å². The van der Waals surface area contributed by atoms with Crippen molar-refractivity contribution in [3.8, 4) is 28.6 Å². The highest BCUT2D eigenvalue weighted by atomic mass is 16.5. The molecule has 2 aliphatic heterocycles. The van der Waals surface area contributed by atoms with Crippen molar-refractivity contribution in [3.05, 3.63) is 51.7 Å². The molecule has 2 aliphatic rings. The van der Waals surface area contributed by atoms with Gasteiger partial charge in [0.15, 0.2) is 11.0 Å². The van der Waals surface area contributed by atoms with Crippen LogP contribution in [0.2, 0.25) is 0 Å². The number of aliphatic hydroxyl groups is 7. The number of ether oxygens (including phenoxy) is 2. The summed E-state index contributed by atoms with van der Waals surface area (Å²) in [6, 6.07) is 6.51. The monoisotopic (exact) mass is 578 g/mol. The Balaban J connectivity index is 1.81. The molecule has 41 heavy (non-hydrogen) atoms. The largest absolute Gasteiger partial charge is 0.508 e. The number of phenols is 3. The van der Waals surface area contributed by atoms with E-state index in [1.54, 1.807) is 0 Å². The van der Waals surface area contributed by atoms with E-state index in [1.165, 1.54) is 31.2 Å². The highest BCUT2D eigenvalue weighted by molar-refractivity contribution is 5.92. The molecule has 0 aliphatic carbocycles. The predicted octanol–water partition coefficient (Wildman–Crippen LogP) is -1.37. The number of fused-ring (bicyclic) bond motifs is 1. The van der Waals surface area contributed by atoms with Crippen LogP contribution >= 0.6 is 0 Å². The van der Waals surface area contributed by atoms with Crippen molar-refractivity contribution in [3.63, 3.8) is 0 Å². The van der Waals surface area contributed by atoms with E-state index in [1.807, 2.05) is 0 Å². The Morgan fingerprint density at radius 2 is 1.32 bits per heavy atom. The third-order valence-electron chi connectivity index (χ3n) is 7.66. The van der Waals surface area contributed by atoms with Crippen LogP contribution in [0.15, 0.2) is 39.5 Å². The third kappa shape index (κ3) is 4.72. The standard InChI is InChI=1S/C27H30O14/c1-8-17(31)21(35)23(37)27(39-8)16-20(34)15(26-24(38)22(36)18(32)13(7-28)41-26)19(33)14-11(30)6-12(40-25(14)16)9-2-4-10(29)5-3-9/h2-6,8,13,17-18,21-24,26-29,31-38H,7H2,1H3/t8-,13?,17-,18+,21?,22-,23?,24?,26-,27-/m0/s1. The van der Waals surface area contributed by atoms with E-state index >= 15 is 0 Å². The predicted molar refractivity (Wildman–Crippen MR) is 137 cm³/mol. The van der Waals surface area contributed by atoms with Crippen LogP contribution in [0.25, 0.3) is 22.3 Å². The van der Waals surface area contributed by atoms with Crippen molar-refractivity contribution >= 4 is 11.0 Å². The molecule has 0 bridgehead atoms. The Bertz CT molecular complexity index is 1480. The molecule has 4 unspecified atom stereocenters. The lowest BCUT2D eigenvalue weighted by molar-refractivity contribution is -0.232. The van der Waals surface area contributed by atoms with Crippen LogP contribution in [0.3, 0.4) is 0 Å². The van der Waals surface area contributed by atoms with Crippen LogP contribution in [0.1, 0.15) is 30.3 Å². The fourth-order valence-electron chi connectivity index (χ4n) is 5.34. The molecule has 3 heterocycles. The molecule has 3 aromatic rings. The molecule has 222 valence electrons. The van der Waals surface area contributed by atoms with Gasteiger partial charge in [-0.3, -0.25) is 4.79 Å². The maximum absolute atomic E-state index is 13.4. The highest BCUT2D eigenvalue weighted by Gasteiger charge is 2.49. The van der Waals surface area contributed by atoms with E-state index < -0.39 is 107 Å². The summed E-state index contributed by atoms with van der Waals surface area (Å²) in [5, 5.41) is 104. The summed E-state index contributed by atoms with van der Waals surface area (Å²) in [7, 11) is 0. The smallest absolute Gasteiger partial charge is 0.197 e. The molecule has 1 aromatic heterocycles. The molecule has 2 aromatic carbocycles. The molecule has 14 nitrogen and oxygen atoms in total. The van der Waals surface area contributed by atoms with Gasteiger partial charge < -0.3 is 65.0 Å². The van der Waals surface area contributed by atoms with Gasteiger partial charge in [0.25, 0.3) is 0 Å². The van der Waals surface area contributed by atoms with Crippen molar-refractivity contribution in [2.24, 2.45) is 0 Å². The van der Waals surface area contributed by atoms with Crippen LogP contribution in [0, 0.1) is 0 Å². The summed E-state index contributed by atoms with van der Waals surface area (Å²) < 4.78 is 17.2. The van der Waals surface area contributed by atoms with Crippen LogP contribution in [0.4, 0.5) is 0 Å². The second-order valence-corrected chi connectivity index (χ2v) is 10.2. The normalized spacial score (nSPS) is 34.1. The lowest BCUT2D eigenvalue weighted by Gasteiger charge is -2.42. The minimum Gasteiger partial charge on any atom is -0.508 e. The second-order valence-electron chi connectivity index (χ2n) is 10.2. The number of rotatable bonds is 4. The van der Waals surface area contributed by atoms with Gasteiger partial charge in [0.05, 0.1) is 23.8 Å². The number of benzene rings is 2. The first-order valence-electron chi connectivity index (χ1n) is 12.7. The zero-order valence-electron chi connectivity index (χ0n) is 21.5. The molecule has 0 radical (unpaired) electrons. The minimum absolute atomic E-state index is 0.0719. The van der Waals surface area contributed by atoms with Crippen LogP contribution in [-0.4, -0.2) is 107 Å². The zero-order chi connectivity index (χ0) is 29.9. The summed E-state index contributed by atoms with van der Waals surface area (Å²) in [6.45, 7) is 0.552. The van der Waals surface area contributed by atoms with E-state index in [4.69, 9.17) is 13.9 Å². The fraction of sp³-hybridized carbons (Fsp3) is 0.444. The Morgan fingerprint density at radius 3 is 1.93 bits per heavy atom. The Kier molecular flexibility index (Phi) is 7.71. The molecule has 2 fully saturated rings. The maximum atomic E-state index is 13.4. The number of aliphatic hydroxyl groups excluding tert-OH is 7. The van der Waals surface area contributed by atoms with E-state index in [0.717, 1.165) is 6.07 Å². The Hall–Kier alpha value is -3.31. The number of aromatic hydroxyl groups is 3. The van der Waals surface area contributed by atoms with Gasteiger partial charge >= 0.3 is 0 Å². The first-order chi connectivity index (χ1) is 19.4. The molecular weight excluding hydrogens is 548 g/mol. The van der Waals surface area contributed by atoms with Crippen molar-refractivity contribution in [2.45, 2.75) is 68.0 Å². The fourth-order valence-corrected chi connectivity index (χ4v) is 5.34. The van der Waals surface area contributed by atoms with Crippen LogP contribution in [-0.2, 0) is 9.47 Å². The molecule has 10 atom stereocenters. The van der Waals surface area contributed by atoms with E-state index in [2.05, 4.69) is 0 Å². The van der Waals surface area contributed by atoms with E-state index in [9.17, 15) is 55.9 Å². The first-order valence-corrected chi connectivity index (χ1v) is 12.7. The number of phenolic OH excluding ortho intramolecular Hbond substituents is 3. The summed E-state index contributed by atoms with van der Waals surface area (Å²) >= 11 is 0. The summed E-state index contributed by atoms with van der Waals surface area (Å²) in [6.07, 6.45) is -16.9. The van der Waals surface area contributed by atoms with E-state index in [-0.39, 0.29) is 11.5 Å². The van der Waals surface area contributed by atoms with Gasteiger partial charge in [-0.1, -0.05) is 0 Å². The van der Waals surface area contributed by atoms with Gasteiger partial charge in [-0.25, -0.2) is 0 Å². The molecule has 2 saturated heterocycles. The quantitative estimate of drug-likeness (QED) is 0.172. The average Bonchev–Trinajstić information content (AvgIpc) is 2.94. The number of hydrogen-bond donors (Lipinski definition) is 10. The average molecular weight is 579 g/mol. The van der Waals surface area contributed by atoms with Crippen LogP contribution < -0.4 is 5.43 Å². The molecule has 0 saturated carbocycles. The lowest BCUT2D eigenvalue weighted by Crippen LogP contribution is -2.55. The van der Waals surface area contributed by atoms with Gasteiger partial charge in [-0.15, -0.1) is 0 Å². The Morgan fingerprint density at radius 1 is 0.732 bits per heavy atom. The highest BCUT2D eigenvalue weighted by Crippen LogP contribution is 2.50. The molecule has 14 heteroatoms. The van der Waals surface area contributed by atoms with Gasteiger partial charge in [0.2, 0.25) is 0 Å². The SMILES string of the molecule is C[C@@H]1O[C@@H](c2c(O)c([C@@H]3OC(CO)[C@@H](O)[C@H](O)C3O)c(O)c3c(=O)cc(-c4ccc(O)cc4)oc23)C(O)C(O)[C@H]1O. The van der Waals surface area contributed by atoms with Gasteiger partial charge in [0.1, 0.15) is 83.3 Å². The maximum Gasteiger partial charge on any atom is 0.197 e. The van der Waals surface area contributed by atoms with Crippen molar-refractivity contribution < 1.29 is 65.0 Å². The van der Waals surface area contributed by atoms with Crippen molar-refractivity contribution in [1.29, 1.82) is 0 Å².